The number of hydrogen-bond donors (Lipinski definition) is 3. The first kappa shape index (κ1) is 15.0. The smallest absolute Gasteiger partial charge is 0.319 e. The van der Waals surface area contributed by atoms with Crippen LogP contribution >= 0.6 is 11.6 Å². The highest BCUT2D eigenvalue weighted by atomic mass is 35.5. The second-order valence-corrected chi connectivity index (χ2v) is 5.77. The average molecular weight is 297 g/mol. The molecule has 0 aromatic heterocycles. The quantitative estimate of drug-likeness (QED) is 0.731. The molecule has 110 valence electrons. The van der Waals surface area contributed by atoms with Gasteiger partial charge in [-0.25, -0.2) is 4.79 Å². The lowest BCUT2D eigenvalue weighted by atomic mass is 9.87. The SMILES string of the molecule is O=C(NCCC1CCCCC1)Nc1cc(Cl)ccc1O. The zero-order valence-corrected chi connectivity index (χ0v) is 12.2. The van der Waals surface area contributed by atoms with Gasteiger partial charge in [-0.3, -0.25) is 0 Å². The number of nitrogens with one attached hydrogen (secondary N) is 2. The lowest BCUT2D eigenvalue weighted by Gasteiger charge is -2.21. The van der Waals surface area contributed by atoms with Crippen LogP contribution in [0.5, 0.6) is 5.75 Å². The molecule has 0 atom stereocenters. The number of hydrogen-bond acceptors (Lipinski definition) is 2. The first-order valence-electron chi connectivity index (χ1n) is 7.18. The fourth-order valence-electron chi connectivity index (χ4n) is 2.64. The van der Waals surface area contributed by atoms with Crippen molar-refractivity contribution < 1.29 is 9.90 Å². The van der Waals surface area contributed by atoms with Gasteiger partial charge in [-0.2, -0.15) is 0 Å². The fourth-order valence-corrected chi connectivity index (χ4v) is 2.81. The normalized spacial score (nSPS) is 15.8. The second-order valence-electron chi connectivity index (χ2n) is 5.34. The Morgan fingerprint density at radius 2 is 2.05 bits per heavy atom. The summed E-state index contributed by atoms with van der Waals surface area (Å²) in [5, 5.41) is 15.5. The van der Waals surface area contributed by atoms with E-state index in [4.69, 9.17) is 11.6 Å². The third-order valence-corrected chi connectivity index (χ3v) is 4.00. The van der Waals surface area contributed by atoms with Gasteiger partial charge in [0.25, 0.3) is 0 Å². The highest BCUT2D eigenvalue weighted by Gasteiger charge is 2.13. The van der Waals surface area contributed by atoms with E-state index in [0.29, 0.717) is 17.3 Å². The molecular weight excluding hydrogens is 276 g/mol. The third-order valence-electron chi connectivity index (χ3n) is 3.77. The van der Waals surface area contributed by atoms with Gasteiger partial charge in [-0.05, 0) is 30.5 Å². The average Bonchev–Trinajstić information content (AvgIpc) is 2.44. The number of carbonyl (C=O) groups is 1. The predicted molar refractivity (Wildman–Crippen MR) is 81.3 cm³/mol. The van der Waals surface area contributed by atoms with Crippen LogP contribution in [-0.2, 0) is 0 Å². The van der Waals surface area contributed by atoms with Crippen LogP contribution in [0.3, 0.4) is 0 Å². The number of aromatic hydroxyl groups is 1. The number of amides is 2. The minimum absolute atomic E-state index is 0.0110. The second kappa shape index (κ2) is 7.39. The molecule has 0 aliphatic heterocycles. The van der Waals surface area contributed by atoms with Crippen LogP contribution in [0.25, 0.3) is 0 Å². The van der Waals surface area contributed by atoms with E-state index in [9.17, 15) is 9.90 Å². The van der Waals surface area contributed by atoms with E-state index in [0.717, 1.165) is 12.3 Å². The van der Waals surface area contributed by atoms with Gasteiger partial charge in [0.15, 0.2) is 0 Å². The molecule has 0 heterocycles. The third kappa shape index (κ3) is 4.60. The Morgan fingerprint density at radius 3 is 2.80 bits per heavy atom. The zero-order valence-electron chi connectivity index (χ0n) is 11.5. The molecule has 0 radical (unpaired) electrons. The maximum Gasteiger partial charge on any atom is 0.319 e. The molecule has 2 amide bonds. The van der Waals surface area contributed by atoms with Crippen molar-refractivity contribution in [3.8, 4) is 5.75 Å². The molecule has 1 aliphatic rings. The number of phenolic OH excluding ortho intramolecular Hbond substituents is 1. The molecule has 1 aliphatic carbocycles. The van der Waals surface area contributed by atoms with Crippen molar-refractivity contribution in [2.24, 2.45) is 5.92 Å². The van der Waals surface area contributed by atoms with Crippen LogP contribution in [0.1, 0.15) is 38.5 Å². The molecule has 20 heavy (non-hydrogen) atoms. The van der Waals surface area contributed by atoms with Crippen molar-refractivity contribution in [2.45, 2.75) is 38.5 Å². The van der Waals surface area contributed by atoms with E-state index in [-0.39, 0.29) is 11.8 Å². The molecule has 1 fully saturated rings. The molecule has 0 bridgehead atoms. The molecule has 0 saturated heterocycles. The van der Waals surface area contributed by atoms with Crippen LogP contribution in [0.2, 0.25) is 5.02 Å². The van der Waals surface area contributed by atoms with E-state index in [1.807, 2.05) is 0 Å². The summed E-state index contributed by atoms with van der Waals surface area (Å²) in [4.78, 5) is 11.7. The number of phenols is 1. The van der Waals surface area contributed by atoms with E-state index < -0.39 is 0 Å². The molecule has 0 spiro atoms. The Labute approximate surface area is 124 Å². The van der Waals surface area contributed by atoms with Crippen LogP contribution in [0.4, 0.5) is 10.5 Å². The zero-order chi connectivity index (χ0) is 14.4. The lowest BCUT2D eigenvalue weighted by Crippen LogP contribution is -2.30. The van der Waals surface area contributed by atoms with Gasteiger partial charge in [0, 0.05) is 11.6 Å². The summed E-state index contributed by atoms with van der Waals surface area (Å²) in [6.45, 7) is 0.665. The topological polar surface area (TPSA) is 61.4 Å². The number of urea groups is 1. The number of benzene rings is 1. The summed E-state index contributed by atoms with van der Waals surface area (Å²) in [6.07, 6.45) is 7.55. The van der Waals surface area contributed by atoms with Gasteiger partial charge in [-0.15, -0.1) is 0 Å². The minimum atomic E-state index is -0.307. The molecule has 1 saturated carbocycles. The van der Waals surface area contributed by atoms with Gasteiger partial charge < -0.3 is 15.7 Å². The van der Waals surface area contributed by atoms with E-state index in [1.54, 1.807) is 6.07 Å². The van der Waals surface area contributed by atoms with Crippen molar-refractivity contribution in [2.75, 3.05) is 11.9 Å². The first-order chi connectivity index (χ1) is 9.65. The summed E-state index contributed by atoms with van der Waals surface area (Å²) in [7, 11) is 0. The van der Waals surface area contributed by atoms with Crippen molar-refractivity contribution in [3.05, 3.63) is 23.2 Å². The molecule has 1 aromatic carbocycles. The van der Waals surface area contributed by atoms with Gasteiger partial charge in [0.1, 0.15) is 5.75 Å². The van der Waals surface area contributed by atoms with Crippen LogP contribution < -0.4 is 10.6 Å². The number of carbonyl (C=O) groups excluding carboxylic acids is 1. The van der Waals surface area contributed by atoms with Crippen molar-refractivity contribution >= 4 is 23.3 Å². The highest BCUT2D eigenvalue weighted by Crippen LogP contribution is 2.27. The van der Waals surface area contributed by atoms with Crippen LogP contribution in [0.15, 0.2) is 18.2 Å². The van der Waals surface area contributed by atoms with E-state index >= 15 is 0 Å². The summed E-state index contributed by atoms with van der Waals surface area (Å²) in [6, 6.07) is 4.25. The molecule has 0 unspecified atom stereocenters. The minimum Gasteiger partial charge on any atom is -0.506 e. The van der Waals surface area contributed by atoms with Gasteiger partial charge in [-0.1, -0.05) is 43.7 Å². The highest BCUT2D eigenvalue weighted by molar-refractivity contribution is 6.31. The molecular formula is C15H21ClN2O2. The first-order valence-corrected chi connectivity index (χ1v) is 7.56. The van der Waals surface area contributed by atoms with Crippen molar-refractivity contribution in [3.63, 3.8) is 0 Å². The summed E-state index contributed by atoms with van der Waals surface area (Å²) in [5.74, 6) is 0.750. The number of anilines is 1. The van der Waals surface area contributed by atoms with E-state index in [1.165, 1.54) is 44.2 Å². The standard InChI is InChI=1S/C15H21ClN2O2/c16-12-6-7-14(19)13(10-12)18-15(20)17-9-8-11-4-2-1-3-5-11/h6-7,10-11,19H,1-5,8-9H2,(H2,17,18,20). The van der Waals surface area contributed by atoms with Crippen LogP contribution in [-0.4, -0.2) is 17.7 Å². The monoisotopic (exact) mass is 296 g/mol. The molecule has 4 nitrogen and oxygen atoms in total. The van der Waals surface area contributed by atoms with Gasteiger partial charge in [0.2, 0.25) is 0 Å². The van der Waals surface area contributed by atoms with Crippen molar-refractivity contribution in [1.29, 1.82) is 0 Å². The van der Waals surface area contributed by atoms with Crippen molar-refractivity contribution in [1.82, 2.24) is 5.32 Å². The maximum absolute atomic E-state index is 11.7. The molecule has 2 rings (SSSR count). The predicted octanol–water partition coefficient (Wildman–Crippen LogP) is 4.14. The Kier molecular flexibility index (Phi) is 5.53. The summed E-state index contributed by atoms with van der Waals surface area (Å²) in [5.41, 5.74) is 0.327. The summed E-state index contributed by atoms with van der Waals surface area (Å²) < 4.78 is 0. The van der Waals surface area contributed by atoms with Crippen LogP contribution in [0, 0.1) is 5.92 Å². The van der Waals surface area contributed by atoms with E-state index in [2.05, 4.69) is 10.6 Å². The van der Waals surface area contributed by atoms with Gasteiger partial charge in [0.05, 0.1) is 5.69 Å². The fraction of sp³-hybridized carbons (Fsp3) is 0.533. The largest absolute Gasteiger partial charge is 0.506 e. The Balaban J connectivity index is 1.73. The Hall–Kier alpha value is -1.42. The lowest BCUT2D eigenvalue weighted by molar-refractivity contribution is 0.250. The number of halogens is 1. The Bertz CT molecular complexity index is 459. The Morgan fingerprint density at radius 1 is 1.30 bits per heavy atom. The molecule has 3 N–H and O–H groups in total. The van der Waals surface area contributed by atoms with Gasteiger partial charge >= 0.3 is 6.03 Å². The maximum atomic E-state index is 11.7. The molecule has 5 heteroatoms. The number of rotatable bonds is 4. The molecule has 1 aromatic rings. The summed E-state index contributed by atoms with van der Waals surface area (Å²) >= 11 is 5.82.